The number of amides is 1. The van der Waals surface area contributed by atoms with Gasteiger partial charge in [-0.2, -0.15) is 0 Å². The van der Waals surface area contributed by atoms with E-state index < -0.39 is 0 Å². The van der Waals surface area contributed by atoms with Gasteiger partial charge in [0.25, 0.3) is 0 Å². The maximum atomic E-state index is 12.1. The molecule has 0 bridgehead atoms. The van der Waals surface area contributed by atoms with E-state index in [4.69, 9.17) is 5.73 Å². The lowest BCUT2D eigenvalue weighted by Gasteiger charge is -2.15. The van der Waals surface area contributed by atoms with Crippen LogP contribution in [0.25, 0.3) is 0 Å². The molecule has 0 saturated carbocycles. The summed E-state index contributed by atoms with van der Waals surface area (Å²) in [6.45, 7) is 8.06. The Balaban J connectivity index is 2.52. The fourth-order valence-electron chi connectivity index (χ4n) is 2.02. The predicted octanol–water partition coefficient (Wildman–Crippen LogP) is 3.40. The fraction of sp³-hybridized carbons (Fsp3) is 0.562. The number of rotatable bonds is 6. The standard InChI is InChI=1S/C16H26N2O/c1-11-7-6-10-15(14(11)4)18-16(19)12(2)8-5-9-13(3)17/h6-7,10,12-13H,5,8-9,17H2,1-4H3,(H,18,19). The van der Waals surface area contributed by atoms with E-state index >= 15 is 0 Å². The van der Waals surface area contributed by atoms with Crippen molar-refractivity contribution in [1.29, 1.82) is 0 Å². The molecule has 3 heteroatoms. The Morgan fingerprint density at radius 2 is 1.95 bits per heavy atom. The molecule has 0 fully saturated rings. The molecule has 2 unspecified atom stereocenters. The first-order valence-electron chi connectivity index (χ1n) is 7.04. The summed E-state index contributed by atoms with van der Waals surface area (Å²) in [6, 6.07) is 6.19. The molecule has 3 nitrogen and oxygen atoms in total. The average molecular weight is 262 g/mol. The van der Waals surface area contributed by atoms with Gasteiger partial charge in [-0.25, -0.2) is 0 Å². The van der Waals surface area contributed by atoms with E-state index in [-0.39, 0.29) is 17.9 Å². The number of benzene rings is 1. The van der Waals surface area contributed by atoms with Crippen LogP contribution in [0.4, 0.5) is 5.69 Å². The summed E-state index contributed by atoms with van der Waals surface area (Å²) in [7, 11) is 0. The van der Waals surface area contributed by atoms with E-state index in [1.54, 1.807) is 0 Å². The molecule has 1 rings (SSSR count). The zero-order valence-electron chi connectivity index (χ0n) is 12.5. The van der Waals surface area contributed by atoms with Crippen molar-refractivity contribution >= 4 is 11.6 Å². The normalized spacial score (nSPS) is 13.9. The minimum atomic E-state index is 0.0265. The summed E-state index contributed by atoms with van der Waals surface area (Å²) in [5.74, 6) is 0.122. The minimum Gasteiger partial charge on any atom is -0.328 e. The molecule has 1 amide bonds. The van der Waals surface area contributed by atoms with Crippen molar-refractivity contribution in [1.82, 2.24) is 0 Å². The van der Waals surface area contributed by atoms with Crippen LogP contribution in [0.15, 0.2) is 18.2 Å². The summed E-state index contributed by atoms with van der Waals surface area (Å²) in [4.78, 5) is 12.1. The van der Waals surface area contributed by atoms with Crippen LogP contribution in [0.5, 0.6) is 0 Å². The molecule has 19 heavy (non-hydrogen) atoms. The molecule has 3 N–H and O–H groups in total. The third-order valence-electron chi connectivity index (χ3n) is 3.61. The van der Waals surface area contributed by atoms with Gasteiger partial charge in [-0.1, -0.05) is 25.5 Å². The molecular formula is C16H26N2O. The van der Waals surface area contributed by atoms with Gasteiger partial charge in [0, 0.05) is 17.6 Å². The smallest absolute Gasteiger partial charge is 0.227 e. The highest BCUT2D eigenvalue weighted by molar-refractivity contribution is 5.93. The van der Waals surface area contributed by atoms with Gasteiger partial charge in [-0.15, -0.1) is 0 Å². The van der Waals surface area contributed by atoms with Gasteiger partial charge >= 0.3 is 0 Å². The summed E-state index contributed by atoms with van der Waals surface area (Å²) in [6.07, 6.45) is 2.86. The van der Waals surface area contributed by atoms with Crippen LogP contribution in [0.1, 0.15) is 44.2 Å². The number of hydrogen-bond donors (Lipinski definition) is 2. The quantitative estimate of drug-likeness (QED) is 0.825. The highest BCUT2D eigenvalue weighted by Crippen LogP contribution is 2.19. The van der Waals surface area contributed by atoms with E-state index in [1.807, 2.05) is 32.9 Å². The SMILES string of the molecule is Cc1cccc(NC(=O)C(C)CCCC(C)N)c1C. The van der Waals surface area contributed by atoms with Gasteiger partial charge in [0.15, 0.2) is 0 Å². The first-order chi connectivity index (χ1) is 8.91. The van der Waals surface area contributed by atoms with Crippen LogP contribution in [0.3, 0.4) is 0 Å². The second-order valence-corrected chi connectivity index (χ2v) is 5.55. The number of carbonyl (C=O) groups is 1. The Bertz CT molecular complexity index is 427. The highest BCUT2D eigenvalue weighted by atomic mass is 16.1. The maximum Gasteiger partial charge on any atom is 0.227 e. The highest BCUT2D eigenvalue weighted by Gasteiger charge is 2.14. The van der Waals surface area contributed by atoms with Gasteiger partial charge in [-0.05, 0) is 50.8 Å². The third-order valence-corrected chi connectivity index (χ3v) is 3.61. The van der Waals surface area contributed by atoms with Crippen molar-refractivity contribution in [2.24, 2.45) is 11.7 Å². The summed E-state index contributed by atoms with van der Waals surface area (Å²) in [5.41, 5.74) is 8.97. The predicted molar refractivity (Wildman–Crippen MR) is 81.2 cm³/mol. The fourth-order valence-corrected chi connectivity index (χ4v) is 2.02. The van der Waals surface area contributed by atoms with E-state index in [2.05, 4.69) is 18.3 Å². The molecule has 0 saturated heterocycles. The van der Waals surface area contributed by atoms with Crippen molar-refractivity contribution in [2.45, 2.75) is 53.0 Å². The molecule has 0 aromatic heterocycles. The summed E-state index contributed by atoms with van der Waals surface area (Å²) in [5, 5.41) is 3.02. The molecule has 0 aliphatic rings. The van der Waals surface area contributed by atoms with E-state index in [0.29, 0.717) is 0 Å². The molecule has 1 aromatic carbocycles. The van der Waals surface area contributed by atoms with Crippen molar-refractivity contribution in [3.63, 3.8) is 0 Å². The van der Waals surface area contributed by atoms with Crippen LogP contribution < -0.4 is 11.1 Å². The Kier molecular flexibility index (Phi) is 6.03. The lowest BCUT2D eigenvalue weighted by atomic mass is 10.0. The second kappa shape index (κ2) is 7.29. The zero-order valence-corrected chi connectivity index (χ0v) is 12.5. The molecule has 0 aliphatic carbocycles. The van der Waals surface area contributed by atoms with Crippen LogP contribution in [-0.4, -0.2) is 11.9 Å². The molecule has 0 heterocycles. The van der Waals surface area contributed by atoms with Gasteiger partial charge in [0.1, 0.15) is 0 Å². The van der Waals surface area contributed by atoms with Crippen molar-refractivity contribution in [2.75, 3.05) is 5.32 Å². The zero-order chi connectivity index (χ0) is 14.4. The van der Waals surface area contributed by atoms with E-state index in [1.165, 1.54) is 5.56 Å². The Labute approximate surface area is 116 Å². The van der Waals surface area contributed by atoms with E-state index in [9.17, 15) is 4.79 Å². The number of nitrogens with one attached hydrogen (secondary N) is 1. The van der Waals surface area contributed by atoms with Gasteiger partial charge < -0.3 is 11.1 Å². The number of aryl methyl sites for hydroxylation is 1. The number of nitrogens with two attached hydrogens (primary N) is 1. The monoisotopic (exact) mass is 262 g/mol. The van der Waals surface area contributed by atoms with Crippen LogP contribution >= 0.6 is 0 Å². The van der Waals surface area contributed by atoms with Gasteiger partial charge in [0.05, 0.1) is 0 Å². The number of anilines is 1. The van der Waals surface area contributed by atoms with Crippen LogP contribution in [0.2, 0.25) is 0 Å². The van der Waals surface area contributed by atoms with Crippen molar-refractivity contribution in [3.8, 4) is 0 Å². The lowest BCUT2D eigenvalue weighted by Crippen LogP contribution is -2.22. The summed E-state index contributed by atoms with van der Waals surface area (Å²) >= 11 is 0. The maximum absolute atomic E-state index is 12.1. The molecule has 0 aliphatic heterocycles. The number of hydrogen-bond acceptors (Lipinski definition) is 2. The first-order valence-corrected chi connectivity index (χ1v) is 7.04. The van der Waals surface area contributed by atoms with E-state index in [0.717, 1.165) is 30.5 Å². The van der Waals surface area contributed by atoms with Crippen LogP contribution in [0, 0.1) is 19.8 Å². The van der Waals surface area contributed by atoms with Crippen LogP contribution in [-0.2, 0) is 4.79 Å². The topological polar surface area (TPSA) is 55.1 Å². The minimum absolute atomic E-state index is 0.0265. The van der Waals surface area contributed by atoms with Gasteiger partial charge in [0.2, 0.25) is 5.91 Å². The Morgan fingerprint density at radius 3 is 2.58 bits per heavy atom. The average Bonchev–Trinajstić information content (AvgIpc) is 2.34. The molecule has 2 atom stereocenters. The second-order valence-electron chi connectivity index (χ2n) is 5.55. The Morgan fingerprint density at radius 1 is 1.26 bits per heavy atom. The van der Waals surface area contributed by atoms with Gasteiger partial charge in [-0.3, -0.25) is 4.79 Å². The summed E-state index contributed by atoms with van der Waals surface area (Å²) < 4.78 is 0. The molecule has 0 spiro atoms. The third kappa shape index (κ3) is 5.03. The Hall–Kier alpha value is -1.35. The number of carbonyl (C=O) groups excluding carboxylic acids is 1. The largest absolute Gasteiger partial charge is 0.328 e. The van der Waals surface area contributed by atoms with Crippen molar-refractivity contribution in [3.05, 3.63) is 29.3 Å². The molecule has 106 valence electrons. The van der Waals surface area contributed by atoms with Crippen molar-refractivity contribution < 1.29 is 4.79 Å². The lowest BCUT2D eigenvalue weighted by molar-refractivity contribution is -0.119. The molecular weight excluding hydrogens is 236 g/mol. The molecule has 0 radical (unpaired) electrons. The molecule has 1 aromatic rings. The first kappa shape index (κ1) is 15.7.